The van der Waals surface area contributed by atoms with E-state index in [-0.39, 0.29) is 35.4 Å². The van der Waals surface area contributed by atoms with E-state index in [0.29, 0.717) is 27.5 Å². The smallest absolute Gasteiger partial charge is 0.327 e. The van der Waals surface area contributed by atoms with E-state index in [1.54, 1.807) is 41.3 Å². The highest BCUT2D eigenvalue weighted by Gasteiger charge is 2.42. The lowest BCUT2D eigenvalue weighted by atomic mass is 9.81. The van der Waals surface area contributed by atoms with Crippen LogP contribution in [-0.2, 0) is 11.2 Å². The highest BCUT2D eigenvalue weighted by atomic mass is 16.4. The van der Waals surface area contributed by atoms with E-state index >= 15 is 0 Å². The monoisotopic (exact) mass is 720 g/mol. The van der Waals surface area contributed by atoms with Crippen LogP contribution in [-0.4, -0.2) is 56.6 Å². The second kappa shape index (κ2) is 14.3. The van der Waals surface area contributed by atoms with Gasteiger partial charge >= 0.3 is 5.97 Å². The van der Waals surface area contributed by atoms with Crippen molar-refractivity contribution in [3.05, 3.63) is 107 Å². The molecule has 2 heterocycles. The summed E-state index contributed by atoms with van der Waals surface area (Å²) in [5, 5.41) is 16.2. The van der Waals surface area contributed by atoms with Crippen molar-refractivity contribution < 1.29 is 29.1 Å². The van der Waals surface area contributed by atoms with Crippen molar-refractivity contribution in [2.45, 2.75) is 96.6 Å². The van der Waals surface area contributed by atoms with Gasteiger partial charge in [0.2, 0.25) is 0 Å². The first-order valence-electron chi connectivity index (χ1n) is 19.5. The zero-order chi connectivity index (χ0) is 37.7. The van der Waals surface area contributed by atoms with Gasteiger partial charge in [-0.25, -0.2) is 4.79 Å². The number of nitrogens with zero attached hydrogens (tertiary/aromatic N) is 2. The van der Waals surface area contributed by atoms with Crippen LogP contribution in [0, 0.1) is 0 Å². The van der Waals surface area contributed by atoms with E-state index in [9.17, 15) is 29.1 Å². The number of fused-ring (bicyclic) bond motifs is 2. The number of hydrogen-bond acceptors (Lipinski definition) is 5. The largest absolute Gasteiger partial charge is 0.480 e. The van der Waals surface area contributed by atoms with Crippen LogP contribution in [0.4, 0.5) is 0 Å². The van der Waals surface area contributed by atoms with Gasteiger partial charge in [0.15, 0.2) is 0 Å². The second-order valence-corrected chi connectivity index (χ2v) is 15.0. The Morgan fingerprint density at radius 1 is 0.519 bits per heavy atom. The van der Waals surface area contributed by atoms with Crippen molar-refractivity contribution >= 4 is 72.7 Å². The Labute approximate surface area is 314 Å². The third kappa shape index (κ3) is 5.62. The number of benzene rings is 6. The lowest BCUT2D eigenvalue weighted by Gasteiger charge is -2.35. The molecule has 0 saturated heterocycles. The van der Waals surface area contributed by atoms with E-state index in [2.05, 4.69) is 13.8 Å². The predicted octanol–water partition coefficient (Wildman–Crippen LogP) is 9.93. The summed E-state index contributed by atoms with van der Waals surface area (Å²) in [5.41, 5.74) is 2.27. The topological polar surface area (TPSA) is 112 Å². The van der Waals surface area contributed by atoms with Gasteiger partial charge in [0.1, 0.15) is 6.04 Å². The molecule has 6 aromatic rings. The lowest BCUT2D eigenvalue weighted by Crippen LogP contribution is -2.51. The van der Waals surface area contributed by atoms with Crippen LogP contribution in [0.25, 0.3) is 43.1 Å². The summed E-state index contributed by atoms with van der Waals surface area (Å²) in [6, 6.07) is 22.0. The minimum atomic E-state index is -1.39. The molecule has 8 nitrogen and oxygen atoms in total. The first kappa shape index (κ1) is 35.4. The molecule has 0 spiro atoms. The number of rotatable bonds is 15. The fourth-order valence-electron chi connectivity index (χ4n) is 9.06. The van der Waals surface area contributed by atoms with Gasteiger partial charge in [0.25, 0.3) is 23.6 Å². The SMILES string of the molecule is CCCCCCC(CCCCCC)N1C(=O)c2ccc3c4ccc5c6c(ccc(c7ccc(c2c37)C1=O)c64)C(=O)N(C(Cc1ccccc1)C(=O)O)C5=O. The highest BCUT2D eigenvalue weighted by molar-refractivity contribution is 6.41. The minimum Gasteiger partial charge on any atom is -0.480 e. The molecular weight excluding hydrogens is 677 g/mol. The number of aliphatic carboxylic acids is 1. The van der Waals surface area contributed by atoms with Crippen molar-refractivity contribution in [3.8, 4) is 0 Å². The number of carboxylic acid groups (broad SMARTS) is 1. The van der Waals surface area contributed by atoms with Crippen LogP contribution in [0.3, 0.4) is 0 Å². The number of carbonyl (C=O) groups is 5. The summed E-state index contributed by atoms with van der Waals surface area (Å²) in [7, 11) is 0. The molecule has 2 aliphatic heterocycles. The predicted molar refractivity (Wildman–Crippen MR) is 212 cm³/mol. The zero-order valence-corrected chi connectivity index (χ0v) is 30.8. The van der Waals surface area contributed by atoms with Gasteiger partial charge in [-0.1, -0.05) is 120 Å². The molecule has 2 aliphatic rings. The van der Waals surface area contributed by atoms with Gasteiger partial charge in [-0.2, -0.15) is 0 Å². The summed E-state index contributed by atoms with van der Waals surface area (Å²) in [5.74, 6) is -3.05. The molecule has 8 heteroatoms. The maximum absolute atomic E-state index is 14.4. The van der Waals surface area contributed by atoms with Crippen LogP contribution in [0.5, 0.6) is 0 Å². The normalized spacial score (nSPS) is 14.9. The van der Waals surface area contributed by atoms with Crippen molar-refractivity contribution in [2.75, 3.05) is 0 Å². The maximum Gasteiger partial charge on any atom is 0.327 e. The van der Waals surface area contributed by atoms with Gasteiger partial charge in [-0.15, -0.1) is 0 Å². The molecule has 0 saturated carbocycles. The third-order valence-electron chi connectivity index (χ3n) is 11.7. The zero-order valence-electron chi connectivity index (χ0n) is 30.8. The Morgan fingerprint density at radius 2 is 0.926 bits per heavy atom. The highest BCUT2D eigenvalue weighted by Crippen LogP contribution is 2.47. The van der Waals surface area contributed by atoms with Crippen molar-refractivity contribution in [1.82, 2.24) is 9.80 Å². The Balaban J connectivity index is 1.24. The van der Waals surface area contributed by atoms with Crippen molar-refractivity contribution in [1.29, 1.82) is 0 Å². The molecule has 0 bridgehead atoms. The molecule has 54 heavy (non-hydrogen) atoms. The minimum absolute atomic E-state index is 0.0182. The third-order valence-corrected chi connectivity index (χ3v) is 11.7. The van der Waals surface area contributed by atoms with E-state index in [1.807, 2.05) is 42.5 Å². The molecule has 4 amide bonds. The Bertz CT molecular complexity index is 2350. The van der Waals surface area contributed by atoms with Crippen LogP contribution in [0.2, 0.25) is 0 Å². The van der Waals surface area contributed by atoms with Crippen LogP contribution in [0.1, 0.15) is 125 Å². The average molecular weight is 721 g/mol. The molecule has 6 aromatic carbocycles. The van der Waals surface area contributed by atoms with Gasteiger partial charge in [-0.05, 0) is 75.0 Å². The quantitative estimate of drug-likeness (QED) is 0.0489. The summed E-state index contributed by atoms with van der Waals surface area (Å²) >= 11 is 0. The first-order valence-corrected chi connectivity index (χ1v) is 19.5. The summed E-state index contributed by atoms with van der Waals surface area (Å²) in [4.78, 5) is 72.2. The molecule has 0 radical (unpaired) electrons. The van der Waals surface area contributed by atoms with E-state index in [4.69, 9.17) is 0 Å². The molecule has 0 aromatic heterocycles. The van der Waals surface area contributed by atoms with E-state index in [1.165, 1.54) is 0 Å². The van der Waals surface area contributed by atoms with E-state index < -0.39 is 23.8 Å². The number of amides is 4. The molecular formula is C46H44N2O6. The Hall–Kier alpha value is -5.63. The molecule has 1 N–H and O–H groups in total. The van der Waals surface area contributed by atoms with Gasteiger partial charge < -0.3 is 5.11 Å². The number of imide groups is 2. The molecule has 1 atom stereocenters. The van der Waals surface area contributed by atoms with Crippen LogP contribution < -0.4 is 0 Å². The average Bonchev–Trinajstić information content (AvgIpc) is 3.18. The number of hydrogen-bond donors (Lipinski definition) is 1. The summed E-state index contributed by atoms with van der Waals surface area (Å²) in [6.45, 7) is 4.36. The van der Waals surface area contributed by atoms with Crippen molar-refractivity contribution in [3.63, 3.8) is 0 Å². The Morgan fingerprint density at radius 3 is 1.31 bits per heavy atom. The fraction of sp³-hybridized carbons (Fsp3) is 0.326. The van der Waals surface area contributed by atoms with Crippen LogP contribution in [0.15, 0.2) is 78.9 Å². The molecule has 8 rings (SSSR count). The summed E-state index contributed by atoms with van der Waals surface area (Å²) in [6.07, 6.45) is 10.2. The molecule has 274 valence electrons. The number of carboxylic acids is 1. The molecule has 0 aliphatic carbocycles. The summed E-state index contributed by atoms with van der Waals surface area (Å²) < 4.78 is 0. The van der Waals surface area contributed by atoms with Crippen LogP contribution >= 0.6 is 0 Å². The fourth-order valence-corrected chi connectivity index (χ4v) is 9.06. The maximum atomic E-state index is 14.4. The molecule has 1 unspecified atom stereocenters. The second-order valence-electron chi connectivity index (χ2n) is 15.0. The van der Waals surface area contributed by atoms with Gasteiger partial charge in [0.05, 0.1) is 0 Å². The first-order chi connectivity index (χ1) is 26.3. The number of unbranched alkanes of at least 4 members (excludes halogenated alkanes) is 6. The van der Waals surface area contributed by atoms with Gasteiger partial charge in [0, 0.05) is 45.5 Å². The van der Waals surface area contributed by atoms with E-state index in [0.717, 1.165) is 101 Å². The molecule has 0 fully saturated rings. The standard InChI is InChI=1S/C46H44N2O6/c1-3-5-7-12-16-28(17-13-8-6-4-2)47-42(49)33-22-18-29-31-20-24-35-41-36(25-21-32(39(31)41)30-19-23-34(43(47)50)40(33)38(29)30)45(52)48(44(35)51)37(46(53)54)26-27-14-10-9-11-15-27/h9-11,14-15,18-25,28,37H,3-8,12-13,16-17,26H2,1-2H3,(H,53,54). The number of carbonyl (C=O) groups excluding carboxylic acids is 4. The lowest BCUT2D eigenvalue weighted by molar-refractivity contribution is -0.141. The van der Waals surface area contributed by atoms with Gasteiger partial charge in [-0.3, -0.25) is 29.0 Å². The van der Waals surface area contributed by atoms with Crippen molar-refractivity contribution in [2.24, 2.45) is 0 Å². The Kier molecular flexibility index (Phi) is 9.38.